The topological polar surface area (TPSA) is 66.5 Å². The van der Waals surface area contributed by atoms with Crippen molar-refractivity contribution in [2.75, 3.05) is 0 Å². The van der Waals surface area contributed by atoms with Gasteiger partial charge in [-0.15, -0.1) is 11.3 Å². The molecule has 1 aromatic rings. The Bertz CT molecular complexity index is 642. The van der Waals surface area contributed by atoms with Crippen LogP contribution in [0.2, 0.25) is 0 Å². The number of hydrogen-bond donors (Lipinski definition) is 1. The van der Waals surface area contributed by atoms with Gasteiger partial charge in [-0.3, -0.25) is 19.7 Å². The molecule has 1 fully saturated rings. The SMILES string of the molecule is CC(C)(C)c1scc2c1CN(C1CCC(=O)NC1=O)C2=O. The van der Waals surface area contributed by atoms with Gasteiger partial charge in [-0.2, -0.15) is 0 Å². The van der Waals surface area contributed by atoms with Crippen molar-refractivity contribution in [3.63, 3.8) is 0 Å². The number of piperidine rings is 1. The Morgan fingerprint density at radius 1 is 1.29 bits per heavy atom. The number of carbonyl (C=O) groups is 3. The van der Waals surface area contributed by atoms with E-state index in [1.807, 2.05) is 5.38 Å². The molecule has 0 bridgehead atoms. The average molecular weight is 306 g/mol. The summed E-state index contributed by atoms with van der Waals surface area (Å²) in [5.41, 5.74) is 1.75. The minimum absolute atomic E-state index is 0.0146. The highest BCUT2D eigenvalue weighted by atomic mass is 32.1. The van der Waals surface area contributed by atoms with Crippen molar-refractivity contribution in [1.29, 1.82) is 0 Å². The zero-order valence-electron chi connectivity index (χ0n) is 12.4. The smallest absolute Gasteiger partial charge is 0.256 e. The van der Waals surface area contributed by atoms with Gasteiger partial charge in [0.15, 0.2) is 0 Å². The van der Waals surface area contributed by atoms with Gasteiger partial charge in [0, 0.05) is 23.2 Å². The molecule has 3 amide bonds. The summed E-state index contributed by atoms with van der Waals surface area (Å²) in [6, 6.07) is -0.527. The normalized spacial score (nSPS) is 22.5. The molecule has 0 aromatic carbocycles. The second-order valence-corrected chi connectivity index (χ2v) is 7.49. The Morgan fingerprint density at radius 2 is 2.00 bits per heavy atom. The van der Waals surface area contributed by atoms with Crippen LogP contribution < -0.4 is 5.32 Å². The molecule has 2 aliphatic heterocycles. The van der Waals surface area contributed by atoms with Gasteiger partial charge in [-0.1, -0.05) is 20.8 Å². The summed E-state index contributed by atoms with van der Waals surface area (Å²) < 4.78 is 0. The Morgan fingerprint density at radius 3 is 2.62 bits per heavy atom. The van der Waals surface area contributed by atoms with Crippen LogP contribution in [-0.4, -0.2) is 28.7 Å². The quantitative estimate of drug-likeness (QED) is 0.805. The van der Waals surface area contributed by atoms with Crippen molar-refractivity contribution in [3.8, 4) is 0 Å². The van der Waals surface area contributed by atoms with Crippen LogP contribution in [0.4, 0.5) is 0 Å². The van der Waals surface area contributed by atoms with Gasteiger partial charge in [0.25, 0.3) is 5.91 Å². The van der Waals surface area contributed by atoms with Crippen molar-refractivity contribution in [2.45, 2.75) is 51.6 Å². The minimum Gasteiger partial charge on any atom is -0.322 e. The standard InChI is InChI=1S/C15H18N2O3S/c1-15(2,3)12-8-6-17(14(20)9(8)7-21-12)10-4-5-11(18)16-13(10)19/h7,10H,4-6H2,1-3H3,(H,16,18,19). The van der Waals surface area contributed by atoms with E-state index in [9.17, 15) is 14.4 Å². The summed E-state index contributed by atoms with van der Waals surface area (Å²) in [5.74, 6) is -0.704. The fourth-order valence-electron chi connectivity index (χ4n) is 2.98. The zero-order chi connectivity index (χ0) is 15.4. The van der Waals surface area contributed by atoms with Gasteiger partial charge < -0.3 is 4.90 Å². The molecule has 0 aliphatic carbocycles. The first-order valence-electron chi connectivity index (χ1n) is 7.04. The first-order valence-corrected chi connectivity index (χ1v) is 7.92. The van der Waals surface area contributed by atoms with Crippen LogP contribution in [0, 0.1) is 0 Å². The van der Waals surface area contributed by atoms with E-state index < -0.39 is 6.04 Å². The van der Waals surface area contributed by atoms with Gasteiger partial charge >= 0.3 is 0 Å². The molecule has 3 heterocycles. The number of rotatable bonds is 1. The third kappa shape index (κ3) is 2.27. The monoisotopic (exact) mass is 306 g/mol. The van der Waals surface area contributed by atoms with Crippen molar-refractivity contribution < 1.29 is 14.4 Å². The fourth-order valence-corrected chi connectivity index (χ4v) is 4.13. The average Bonchev–Trinajstić information content (AvgIpc) is 2.90. The van der Waals surface area contributed by atoms with Crippen molar-refractivity contribution >= 4 is 29.1 Å². The molecule has 2 aliphatic rings. The fraction of sp³-hybridized carbons (Fsp3) is 0.533. The van der Waals surface area contributed by atoms with E-state index in [0.717, 1.165) is 11.1 Å². The summed E-state index contributed by atoms with van der Waals surface area (Å²) in [6.07, 6.45) is 0.703. The largest absolute Gasteiger partial charge is 0.322 e. The maximum absolute atomic E-state index is 12.5. The summed E-state index contributed by atoms with van der Waals surface area (Å²) in [4.78, 5) is 38.5. The predicted molar refractivity (Wildman–Crippen MR) is 79.1 cm³/mol. The highest BCUT2D eigenvalue weighted by molar-refractivity contribution is 7.10. The number of fused-ring (bicyclic) bond motifs is 1. The molecule has 0 spiro atoms. The maximum atomic E-state index is 12.5. The van der Waals surface area contributed by atoms with Crippen LogP contribution in [-0.2, 0) is 21.5 Å². The number of thiophene rings is 1. The maximum Gasteiger partial charge on any atom is 0.256 e. The van der Waals surface area contributed by atoms with Crippen LogP contribution in [0.15, 0.2) is 5.38 Å². The van der Waals surface area contributed by atoms with E-state index in [2.05, 4.69) is 26.1 Å². The molecule has 3 rings (SSSR count). The number of hydrogen-bond acceptors (Lipinski definition) is 4. The second-order valence-electron chi connectivity index (χ2n) is 6.61. The Labute approximate surface area is 127 Å². The Kier molecular flexibility index (Phi) is 3.16. The molecule has 21 heavy (non-hydrogen) atoms. The molecule has 1 aromatic heterocycles. The van der Waals surface area contributed by atoms with E-state index >= 15 is 0 Å². The van der Waals surface area contributed by atoms with Crippen molar-refractivity contribution in [1.82, 2.24) is 10.2 Å². The lowest BCUT2D eigenvalue weighted by molar-refractivity contribution is -0.136. The van der Waals surface area contributed by atoms with Crippen LogP contribution in [0.5, 0.6) is 0 Å². The van der Waals surface area contributed by atoms with E-state index in [-0.39, 0.29) is 23.1 Å². The summed E-state index contributed by atoms with van der Waals surface area (Å²) in [6.45, 7) is 6.84. The highest BCUT2D eigenvalue weighted by Crippen LogP contribution is 2.39. The number of nitrogens with zero attached hydrogens (tertiary/aromatic N) is 1. The Hall–Kier alpha value is -1.69. The van der Waals surface area contributed by atoms with E-state index in [0.29, 0.717) is 19.4 Å². The van der Waals surface area contributed by atoms with Crippen LogP contribution in [0.3, 0.4) is 0 Å². The van der Waals surface area contributed by atoms with E-state index in [1.54, 1.807) is 16.2 Å². The molecular formula is C15H18N2O3S. The highest BCUT2D eigenvalue weighted by Gasteiger charge is 2.41. The van der Waals surface area contributed by atoms with E-state index in [4.69, 9.17) is 0 Å². The number of imide groups is 1. The molecule has 5 nitrogen and oxygen atoms in total. The van der Waals surface area contributed by atoms with Gasteiger partial charge in [0.05, 0.1) is 5.56 Å². The first-order chi connectivity index (χ1) is 9.79. The molecule has 0 radical (unpaired) electrons. The lowest BCUT2D eigenvalue weighted by Gasteiger charge is -2.29. The molecule has 1 saturated heterocycles. The molecular weight excluding hydrogens is 288 g/mol. The Balaban J connectivity index is 1.89. The van der Waals surface area contributed by atoms with E-state index in [1.165, 1.54) is 4.88 Å². The van der Waals surface area contributed by atoms with Crippen LogP contribution in [0.1, 0.15) is 54.4 Å². The molecule has 0 saturated carbocycles. The lowest BCUT2D eigenvalue weighted by Crippen LogP contribution is -2.52. The third-order valence-electron chi connectivity index (χ3n) is 3.98. The molecule has 1 N–H and O–H groups in total. The third-order valence-corrected chi connectivity index (χ3v) is 5.43. The molecule has 1 unspecified atom stereocenters. The summed E-state index contributed by atoms with van der Waals surface area (Å²) in [7, 11) is 0. The van der Waals surface area contributed by atoms with Gasteiger partial charge in [-0.05, 0) is 17.4 Å². The zero-order valence-corrected chi connectivity index (χ0v) is 13.2. The van der Waals surface area contributed by atoms with Gasteiger partial charge in [0.1, 0.15) is 6.04 Å². The van der Waals surface area contributed by atoms with Crippen molar-refractivity contribution in [2.24, 2.45) is 0 Å². The number of amides is 3. The van der Waals surface area contributed by atoms with Gasteiger partial charge in [0.2, 0.25) is 11.8 Å². The summed E-state index contributed by atoms with van der Waals surface area (Å²) in [5, 5.41) is 4.21. The first kappa shape index (κ1) is 14.3. The van der Waals surface area contributed by atoms with Crippen LogP contribution >= 0.6 is 11.3 Å². The van der Waals surface area contributed by atoms with Crippen LogP contribution in [0.25, 0.3) is 0 Å². The number of carbonyl (C=O) groups excluding carboxylic acids is 3. The number of nitrogens with one attached hydrogen (secondary N) is 1. The molecule has 1 atom stereocenters. The minimum atomic E-state index is -0.527. The van der Waals surface area contributed by atoms with Crippen molar-refractivity contribution in [3.05, 3.63) is 21.4 Å². The summed E-state index contributed by atoms with van der Waals surface area (Å²) >= 11 is 1.61. The molecule has 112 valence electrons. The second kappa shape index (κ2) is 4.66. The predicted octanol–water partition coefficient (Wildman–Crippen LogP) is 1.81. The molecule has 6 heteroatoms. The lowest BCUT2D eigenvalue weighted by atomic mass is 9.91. The van der Waals surface area contributed by atoms with Gasteiger partial charge in [-0.25, -0.2) is 0 Å².